The summed E-state index contributed by atoms with van der Waals surface area (Å²) in [7, 11) is 0. The zero-order valence-corrected chi connectivity index (χ0v) is 21.7. The highest BCUT2D eigenvalue weighted by molar-refractivity contribution is 7.19. The van der Waals surface area contributed by atoms with Crippen LogP contribution in [0.2, 0.25) is 0 Å². The summed E-state index contributed by atoms with van der Waals surface area (Å²) in [6.45, 7) is 21.6. The van der Waals surface area contributed by atoms with Crippen molar-refractivity contribution in [3.05, 3.63) is 130 Å². The van der Waals surface area contributed by atoms with Crippen molar-refractivity contribution in [2.75, 3.05) is 0 Å². The number of thiophene rings is 1. The van der Waals surface area contributed by atoms with E-state index in [4.69, 9.17) is 0 Å². The molecule has 1 unspecified atom stereocenters. The first-order valence-electron chi connectivity index (χ1n) is 11.7. The Bertz CT molecular complexity index is 1240. The molecule has 0 fully saturated rings. The molecule has 0 saturated heterocycles. The van der Waals surface area contributed by atoms with E-state index in [0.29, 0.717) is 5.92 Å². The lowest BCUT2D eigenvalue weighted by atomic mass is 9.64. The first-order valence-corrected chi connectivity index (χ1v) is 12.5. The Morgan fingerprint density at radius 2 is 1.58 bits per heavy atom. The van der Waals surface area contributed by atoms with E-state index < -0.39 is 0 Å². The highest BCUT2D eigenvalue weighted by atomic mass is 32.1. The van der Waals surface area contributed by atoms with Gasteiger partial charge in [0.1, 0.15) is 0 Å². The number of benzene rings is 2. The minimum absolute atomic E-state index is 0.181. The van der Waals surface area contributed by atoms with Crippen molar-refractivity contribution in [2.24, 2.45) is 5.92 Å². The molecule has 0 bridgehead atoms. The fraction of sp³-hybridized carbons (Fsp3) is 0.250. The molecule has 1 heteroatoms. The van der Waals surface area contributed by atoms with Gasteiger partial charge in [0, 0.05) is 15.0 Å². The first kappa shape index (κ1) is 24.7. The van der Waals surface area contributed by atoms with Crippen LogP contribution in [0, 0.1) is 19.8 Å². The Hall–Kier alpha value is -2.90. The van der Waals surface area contributed by atoms with Crippen molar-refractivity contribution in [3.63, 3.8) is 0 Å². The molecule has 2 aromatic carbocycles. The molecule has 3 aromatic rings. The van der Waals surface area contributed by atoms with E-state index in [1.807, 2.05) is 17.4 Å². The third-order valence-electron chi connectivity index (χ3n) is 6.81. The van der Waals surface area contributed by atoms with Crippen LogP contribution in [-0.2, 0) is 5.41 Å². The van der Waals surface area contributed by atoms with E-state index >= 15 is 0 Å². The van der Waals surface area contributed by atoms with Crippen molar-refractivity contribution in [3.8, 4) is 0 Å². The van der Waals surface area contributed by atoms with Gasteiger partial charge >= 0.3 is 0 Å². The summed E-state index contributed by atoms with van der Waals surface area (Å²) in [5, 5.41) is 1.41. The third kappa shape index (κ3) is 4.23. The SMILES string of the molecule is C=CC1=C(/C=C\C)C(c2ccccc2)(C(C)C)C(=C)/C1=C\C.Cc1sc2ccccc2c1C. The van der Waals surface area contributed by atoms with Gasteiger partial charge in [-0.2, -0.15) is 0 Å². The van der Waals surface area contributed by atoms with Gasteiger partial charge in [0.25, 0.3) is 0 Å². The average molecular weight is 453 g/mol. The maximum Gasteiger partial charge on any atom is 0.0480 e. The van der Waals surface area contributed by atoms with Crippen molar-refractivity contribution in [2.45, 2.75) is 47.0 Å². The van der Waals surface area contributed by atoms with Crippen LogP contribution < -0.4 is 0 Å². The zero-order valence-electron chi connectivity index (χ0n) is 20.9. The summed E-state index contributed by atoms with van der Waals surface area (Å²) in [6, 6.07) is 19.3. The van der Waals surface area contributed by atoms with Gasteiger partial charge in [-0.15, -0.1) is 11.3 Å². The smallest absolute Gasteiger partial charge is 0.0480 e. The second-order valence-electron chi connectivity index (χ2n) is 8.82. The lowest BCUT2D eigenvalue weighted by molar-refractivity contribution is 0.443. The summed E-state index contributed by atoms with van der Waals surface area (Å²) in [5.41, 5.74) is 7.48. The highest BCUT2D eigenvalue weighted by Gasteiger charge is 2.47. The summed E-state index contributed by atoms with van der Waals surface area (Å²) in [6.07, 6.45) is 8.48. The van der Waals surface area contributed by atoms with Crippen LogP contribution in [-0.4, -0.2) is 0 Å². The van der Waals surface area contributed by atoms with Gasteiger partial charge in [0.2, 0.25) is 0 Å². The standard InChI is InChI=1S/C22H26.C10H10S/c1-7-13-21-20(9-3)19(8-2)17(6)22(21,16(4)5)18-14-11-10-12-15-18;1-7-8(2)11-10-6-4-3-5-9(7)10/h7-16H,3,6H2,1-2,4-5H3;3-6H,1-2H3/b13-7-,19-8+;. The largest absolute Gasteiger partial charge is 0.140 e. The number of allylic oxidation sites excluding steroid dienone is 8. The van der Waals surface area contributed by atoms with E-state index in [9.17, 15) is 0 Å². The molecule has 0 radical (unpaired) electrons. The van der Waals surface area contributed by atoms with Gasteiger partial charge in [-0.1, -0.05) is 99.8 Å². The van der Waals surface area contributed by atoms with Crippen LogP contribution >= 0.6 is 11.3 Å². The fourth-order valence-corrected chi connectivity index (χ4v) is 6.22. The van der Waals surface area contributed by atoms with Crippen LogP contribution in [0.1, 0.15) is 43.7 Å². The van der Waals surface area contributed by atoms with Crippen molar-refractivity contribution >= 4 is 21.4 Å². The molecule has 1 atom stereocenters. The monoisotopic (exact) mass is 452 g/mol. The van der Waals surface area contributed by atoms with Crippen molar-refractivity contribution in [1.82, 2.24) is 0 Å². The van der Waals surface area contributed by atoms with Crippen LogP contribution in [0.3, 0.4) is 0 Å². The van der Waals surface area contributed by atoms with Gasteiger partial charge in [-0.3, -0.25) is 0 Å². The zero-order chi connectivity index (χ0) is 24.2. The number of fused-ring (bicyclic) bond motifs is 1. The average Bonchev–Trinajstić information content (AvgIpc) is 3.25. The van der Waals surface area contributed by atoms with Gasteiger partial charge in [-0.25, -0.2) is 0 Å². The molecule has 1 aliphatic carbocycles. The van der Waals surface area contributed by atoms with E-state index in [1.54, 1.807) is 0 Å². The van der Waals surface area contributed by atoms with E-state index in [1.165, 1.54) is 48.4 Å². The van der Waals surface area contributed by atoms with Gasteiger partial charge in [0.15, 0.2) is 0 Å². The van der Waals surface area contributed by atoms with Gasteiger partial charge in [0.05, 0.1) is 0 Å². The molecule has 1 heterocycles. The molecule has 33 heavy (non-hydrogen) atoms. The third-order valence-corrected chi connectivity index (χ3v) is 8.00. The number of hydrogen-bond donors (Lipinski definition) is 0. The maximum atomic E-state index is 4.50. The van der Waals surface area contributed by atoms with Crippen LogP contribution in [0.15, 0.2) is 114 Å². The number of aryl methyl sites for hydroxylation is 2. The predicted octanol–water partition coefficient (Wildman–Crippen LogP) is 9.67. The molecule has 0 aliphatic heterocycles. The molecule has 1 aromatic heterocycles. The summed E-state index contributed by atoms with van der Waals surface area (Å²) >= 11 is 1.88. The molecule has 0 amide bonds. The van der Waals surface area contributed by atoms with Crippen LogP contribution in [0.5, 0.6) is 0 Å². The first-order chi connectivity index (χ1) is 15.8. The predicted molar refractivity (Wildman–Crippen MR) is 149 cm³/mol. The lowest BCUT2D eigenvalue weighted by Gasteiger charge is -2.38. The van der Waals surface area contributed by atoms with Crippen LogP contribution in [0.4, 0.5) is 0 Å². The number of hydrogen-bond acceptors (Lipinski definition) is 1. The van der Waals surface area contributed by atoms with E-state index in [-0.39, 0.29) is 5.41 Å². The topological polar surface area (TPSA) is 0 Å². The fourth-order valence-electron chi connectivity index (χ4n) is 5.15. The van der Waals surface area contributed by atoms with E-state index in [0.717, 1.165) is 0 Å². The molecule has 4 rings (SSSR count). The molecule has 1 aliphatic rings. The lowest BCUT2D eigenvalue weighted by Crippen LogP contribution is -2.33. The second kappa shape index (κ2) is 10.4. The highest BCUT2D eigenvalue weighted by Crippen LogP contribution is 2.56. The quantitative estimate of drug-likeness (QED) is 0.369. The number of rotatable bonds is 4. The Morgan fingerprint density at radius 3 is 2.12 bits per heavy atom. The molecule has 0 spiro atoms. The minimum atomic E-state index is -0.181. The molecule has 0 nitrogen and oxygen atoms in total. The van der Waals surface area contributed by atoms with Crippen molar-refractivity contribution in [1.29, 1.82) is 0 Å². The van der Waals surface area contributed by atoms with Gasteiger partial charge < -0.3 is 0 Å². The Labute approximate surface area is 204 Å². The maximum absolute atomic E-state index is 4.50. The van der Waals surface area contributed by atoms with Crippen molar-refractivity contribution < 1.29 is 0 Å². The minimum Gasteiger partial charge on any atom is -0.140 e. The normalized spacial score (nSPS) is 19.6. The Kier molecular flexibility index (Phi) is 7.76. The summed E-state index contributed by atoms with van der Waals surface area (Å²) < 4.78 is 1.41. The Morgan fingerprint density at radius 1 is 0.939 bits per heavy atom. The molecule has 0 saturated carbocycles. The van der Waals surface area contributed by atoms with Gasteiger partial charge in [-0.05, 0) is 78.5 Å². The molecule has 170 valence electrons. The summed E-state index contributed by atoms with van der Waals surface area (Å²) in [5.74, 6) is 0.404. The molecular formula is C32H36S. The molecular weight excluding hydrogens is 416 g/mol. The van der Waals surface area contributed by atoms with E-state index in [2.05, 4.69) is 128 Å². The Balaban J connectivity index is 0.000000231. The van der Waals surface area contributed by atoms with Crippen LogP contribution in [0.25, 0.3) is 10.1 Å². The second-order valence-corrected chi connectivity index (χ2v) is 10.1. The summed E-state index contributed by atoms with van der Waals surface area (Å²) in [4.78, 5) is 1.44. The molecule has 0 N–H and O–H groups in total.